The van der Waals surface area contributed by atoms with Gasteiger partial charge in [-0.3, -0.25) is 9.59 Å². The van der Waals surface area contributed by atoms with E-state index in [2.05, 4.69) is 10.6 Å². The van der Waals surface area contributed by atoms with E-state index in [9.17, 15) is 22.8 Å². The molecule has 27 heavy (non-hydrogen) atoms. The third-order valence-electron chi connectivity index (χ3n) is 3.65. The lowest BCUT2D eigenvalue weighted by Gasteiger charge is -2.13. The van der Waals surface area contributed by atoms with Crippen molar-refractivity contribution in [1.82, 2.24) is 0 Å². The van der Waals surface area contributed by atoms with Gasteiger partial charge in [-0.25, -0.2) is 0 Å². The molecule has 2 amide bonds. The van der Waals surface area contributed by atoms with Crippen LogP contribution < -0.4 is 10.6 Å². The number of aryl methyl sites for hydroxylation is 1. The number of anilines is 2. The van der Waals surface area contributed by atoms with Crippen LogP contribution in [-0.4, -0.2) is 22.8 Å². The lowest BCUT2D eigenvalue weighted by Crippen LogP contribution is -2.25. The summed E-state index contributed by atoms with van der Waals surface area (Å²) in [6, 6.07) is 11.5. The van der Waals surface area contributed by atoms with Gasteiger partial charge in [0.25, 0.3) is 0 Å². The van der Waals surface area contributed by atoms with E-state index in [0.29, 0.717) is 5.69 Å². The van der Waals surface area contributed by atoms with Crippen molar-refractivity contribution in [2.45, 2.75) is 25.3 Å². The molecule has 0 saturated heterocycles. The van der Waals surface area contributed by atoms with Crippen LogP contribution in [0.15, 0.2) is 48.5 Å². The molecule has 0 unspecified atom stereocenters. The average molecular weight is 396 g/mol. The number of amides is 2. The molecule has 0 aromatic heterocycles. The molecule has 2 N–H and O–H groups in total. The van der Waals surface area contributed by atoms with E-state index in [1.807, 2.05) is 19.1 Å². The molecule has 0 aliphatic rings. The zero-order valence-electron chi connectivity index (χ0n) is 14.8. The molecular weight excluding hydrogens is 377 g/mol. The molecule has 4 nitrogen and oxygen atoms in total. The number of thioether (sulfide) groups is 1. The van der Waals surface area contributed by atoms with Crippen LogP contribution in [0.5, 0.6) is 0 Å². The molecule has 0 saturated carbocycles. The van der Waals surface area contributed by atoms with Crippen molar-refractivity contribution in [3.63, 3.8) is 0 Å². The Kier molecular flexibility index (Phi) is 6.90. The number of nitrogens with one attached hydrogen (secondary N) is 2. The fourth-order valence-corrected chi connectivity index (χ4v) is 2.78. The molecule has 144 valence electrons. The summed E-state index contributed by atoms with van der Waals surface area (Å²) in [6.45, 7) is 3.57. The number of carbonyl (C=O) groups excluding carboxylic acids is 2. The predicted molar refractivity (Wildman–Crippen MR) is 102 cm³/mol. The summed E-state index contributed by atoms with van der Waals surface area (Å²) >= 11 is 1.14. The van der Waals surface area contributed by atoms with Crippen LogP contribution in [0.25, 0.3) is 0 Å². The highest BCUT2D eigenvalue weighted by Gasteiger charge is 2.30. The highest BCUT2D eigenvalue weighted by Crippen LogP contribution is 2.30. The van der Waals surface area contributed by atoms with Gasteiger partial charge in [-0.15, -0.1) is 11.8 Å². The summed E-state index contributed by atoms with van der Waals surface area (Å²) in [5.74, 6) is -0.545. The van der Waals surface area contributed by atoms with E-state index >= 15 is 0 Å². The number of halogens is 3. The smallest absolute Gasteiger partial charge is 0.325 e. The van der Waals surface area contributed by atoms with Crippen LogP contribution in [0, 0.1) is 6.92 Å². The average Bonchev–Trinajstić information content (AvgIpc) is 2.61. The second-order valence-corrected chi connectivity index (χ2v) is 7.26. The van der Waals surface area contributed by atoms with Crippen LogP contribution in [0.3, 0.4) is 0 Å². The molecular formula is C19H19F3N2O2S. The quantitative estimate of drug-likeness (QED) is 0.743. The maximum absolute atomic E-state index is 12.5. The summed E-state index contributed by atoms with van der Waals surface area (Å²) in [5, 5.41) is 4.73. The van der Waals surface area contributed by atoms with Crippen LogP contribution in [0.4, 0.5) is 24.5 Å². The highest BCUT2D eigenvalue weighted by atomic mass is 32.2. The summed E-state index contributed by atoms with van der Waals surface area (Å²) in [5.41, 5.74) is 1.24. The molecule has 2 aromatic carbocycles. The second-order valence-electron chi connectivity index (χ2n) is 5.93. The van der Waals surface area contributed by atoms with Crippen LogP contribution in [0.1, 0.15) is 18.1 Å². The summed E-state index contributed by atoms with van der Waals surface area (Å²) in [4.78, 5) is 24.1. The number of hydrogen-bond acceptors (Lipinski definition) is 3. The van der Waals surface area contributed by atoms with E-state index in [-0.39, 0.29) is 23.3 Å². The molecule has 0 heterocycles. The van der Waals surface area contributed by atoms with Crippen LogP contribution in [0.2, 0.25) is 0 Å². The van der Waals surface area contributed by atoms with Gasteiger partial charge in [0.05, 0.1) is 16.6 Å². The minimum absolute atomic E-state index is 0.0788. The molecule has 0 aliphatic carbocycles. The molecule has 0 radical (unpaired) electrons. The lowest BCUT2D eigenvalue weighted by atomic mass is 10.2. The Morgan fingerprint density at radius 1 is 0.963 bits per heavy atom. The maximum Gasteiger partial charge on any atom is 0.416 e. The van der Waals surface area contributed by atoms with Crippen molar-refractivity contribution in [3.05, 3.63) is 59.7 Å². The first kappa shape index (κ1) is 20.8. The number of alkyl halides is 3. The zero-order valence-corrected chi connectivity index (χ0v) is 15.6. The Morgan fingerprint density at radius 3 is 2.04 bits per heavy atom. The standard InChI is InChI=1S/C19H19F3N2O2S/c1-12-3-7-15(8-4-12)23-17(25)11-27-13(2)18(26)24-16-9-5-14(6-10-16)19(20,21)22/h3-10,13H,11H2,1-2H3,(H,23,25)(H,24,26)/t13-/m0/s1. The van der Waals surface area contributed by atoms with E-state index in [4.69, 9.17) is 0 Å². The molecule has 0 bridgehead atoms. The first-order chi connectivity index (χ1) is 12.6. The summed E-state index contributed by atoms with van der Waals surface area (Å²) in [6.07, 6.45) is -4.42. The number of carbonyl (C=O) groups is 2. The fourth-order valence-electron chi connectivity index (χ4n) is 2.10. The monoisotopic (exact) mass is 396 g/mol. The molecule has 8 heteroatoms. The van der Waals surface area contributed by atoms with Gasteiger partial charge in [-0.2, -0.15) is 13.2 Å². The molecule has 0 aliphatic heterocycles. The van der Waals surface area contributed by atoms with E-state index in [0.717, 1.165) is 29.5 Å². The van der Waals surface area contributed by atoms with Crippen molar-refractivity contribution < 1.29 is 22.8 Å². The Balaban J connectivity index is 1.81. The van der Waals surface area contributed by atoms with Gasteiger partial charge in [0.1, 0.15) is 0 Å². The van der Waals surface area contributed by atoms with Gasteiger partial charge in [0.15, 0.2) is 0 Å². The zero-order chi connectivity index (χ0) is 20.0. The maximum atomic E-state index is 12.5. The fraction of sp³-hybridized carbons (Fsp3) is 0.263. The van der Waals surface area contributed by atoms with Crippen molar-refractivity contribution in [1.29, 1.82) is 0 Å². The van der Waals surface area contributed by atoms with Crippen molar-refractivity contribution >= 4 is 35.0 Å². The van der Waals surface area contributed by atoms with E-state index < -0.39 is 17.0 Å². The van der Waals surface area contributed by atoms with Gasteiger partial charge in [-0.05, 0) is 50.2 Å². The number of benzene rings is 2. The first-order valence-electron chi connectivity index (χ1n) is 8.11. The largest absolute Gasteiger partial charge is 0.416 e. The third kappa shape index (κ3) is 6.63. The third-order valence-corrected chi connectivity index (χ3v) is 4.79. The Morgan fingerprint density at radius 2 is 1.48 bits per heavy atom. The van der Waals surface area contributed by atoms with E-state index in [1.165, 1.54) is 12.1 Å². The summed E-state index contributed by atoms with van der Waals surface area (Å²) in [7, 11) is 0. The number of hydrogen-bond donors (Lipinski definition) is 2. The molecule has 1 atom stereocenters. The Hall–Kier alpha value is -2.48. The first-order valence-corrected chi connectivity index (χ1v) is 9.16. The van der Waals surface area contributed by atoms with Crippen molar-refractivity contribution in [2.24, 2.45) is 0 Å². The minimum atomic E-state index is -4.42. The van der Waals surface area contributed by atoms with Gasteiger partial charge >= 0.3 is 6.18 Å². The van der Waals surface area contributed by atoms with Gasteiger partial charge in [0, 0.05) is 11.4 Å². The SMILES string of the molecule is Cc1ccc(NC(=O)CS[C@@H](C)C(=O)Nc2ccc(C(F)(F)F)cc2)cc1. The Bertz CT molecular complexity index is 790. The molecule has 2 rings (SSSR count). The predicted octanol–water partition coefficient (Wildman–Crippen LogP) is 4.71. The molecule has 2 aromatic rings. The van der Waals surface area contributed by atoms with Crippen molar-refractivity contribution in [2.75, 3.05) is 16.4 Å². The van der Waals surface area contributed by atoms with Gasteiger partial charge in [-0.1, -0.05) is 17.7 Å². The lowest BCUT2D eigenvalue weighted by molar-refractivity contribution is -0.137. The molecule has 0 fully saturated rings. The Labute approximate surface area is 159 Å². The van der Waals surface area contributed by atoms with E-state index in [1.54, 1.807) is 19.1 Å². The molecule has 0 spiro atoms. The van der Waals surface area contributed by atoms with Gasteiger partial charge < -0.3 is 10.6 Å². The van der Waals surface area contributed by atoms with Crippen LogP contribution >= 0.6 is 11.8 Å². The highest BCUT2D eigenvalue weighted by molar-refractivity contribution is 8.01. The van der Waals surface area contributed by atoms with Gasteiger partial charge in [0.2, 0.25) is 11.8 Å². The van der Waals surface area contributed by atoms with Crippen LogP contribution in [-0.2, 0) is 15.8 Å². The summed E-state index contributed by atoms with van der Waals surface area (Å²) < 4.78 is 37.6. The topological polar surface area (TPSA) is 58.2 Å². The normalized spacial score (nSPS) is 12.3. The number of rotatable bonds is 6. The minimum Gasteiger partial charge on any atom is -0.325 e. The van der Waals surface area contributed by atoms with Crippen molar-refractivity contribution in [3.8, 4) is 0 Å². The second kappa shape index (κ2) is 8.94.